The fraction of sp³-hybridized carbons (Fsp3) is 0.533. The Balaban J connectivity index is 2.71. The molecular weight excluding hydrogens is 260 g/mol. The van der Waals surface area contributed by atoms with E-state index in [0.717, 1.165) is 12.1 Å². The predicted octanol–water partition coefficient (Wildman–Crippen LogP) is 2.59. The average Bonchev–Trinajstić information content (AvgIpc) is 2.34. The number of benzene rings is 1. The van der Waals surface area contributed by atoms with Gasteiger partial charge in [-0.25, -0.2) is 0 Å². The number of rotatable bonds is 6. The van der Waals surface area contributed by atoms with Crippen LogP contribution in [0, 0.1) is 5.41 Å². The normalized spacial score (nSPS) is 11.4. The molecule has 0 aliphatic rings. The standard InChI is InChI=1S/C15H23ClN2O/c1-15(2,14(19)18(4)9-8-17-3)11-12-6-5-7-13(16)10-12/h5-7,10,17H,8-9,11H2,1-4H3. The molecule has 1 aromatic carbocycles. The summed E-state index contributed by atoms with van der Waals surface area (Å²) in [7, 11) is 3.73. The van der Waals surface area contributed by atoms with Crippen LogP contribution < -0.4 is 5.32 Å². The highest BCUT2D eigenvalue weighted by Crippen LogP contribution is 2.25. The summed E-state index contributed by atoms with van der Waals surface area (Å²) in [6, 6.07) is 7.69. The van der Waals surface area contributed by atoms with Crippen LogP contribution in [0.1, 0.15) is 19.4 Å². The molecule has 0 fully saturated rings. The molecule has 1 rings (SSSR count). The monoisotopic (exact) mass is 282 g/mol. The molecule has 0 radical (unpaired) electrons. The van der Waals surface area contributed by atoms with Gasteiger partial charge in [0.15, 0.2) is 0 Å². The Hall–Kier alpha value is -1.06. The maximum absolute atomic E-state index is 12.4. The largest absolute Gasteiger partial charge is 0.344 e. The van der Waals surface area contributed by atoms with E-state index in [1.54, 1.807) is 4.90 Å². The van der Waals surface area contributed by atoms with E-state index >= 15 is 0 Å². The van der Waals surface area contributed by atoms with Crippen molar-refractivity contribution in [1.29, 1.82) is 0 Å². The molecule has 0 spiro atoms. The lowest BCUT2D eigenvalue weighted by molar-refractivity contribution is -0.138. The smallest absolute Gasteiger partial charge is 0.228 e. The summed E-state index contributed by atoms with van der Waals surface area (Å²) in [5.74, 6) is 0.155. The molecule has 19 heavy (non-hydrogen) atoms. The van der Waals surface area contributed by atoms with Crippen LogP contribution in [0.2, 0.25) is 5.02 Å². The van der Waals surface area contributed by atoms with Crippen LogP contribution in [-0.4, -0.2) is 38.0 Å². The Bertz CT molecular complexity index is 432. The van der Waals surface area contributed by atoms with Crippen molar-refractivity contribution in [2.75, 3.05) is 27.2 Å². The zero-order valence-electron chi connectivity index (χ0n) is 12.2. The number of carbonyl (C=O) groups excluding carboxylic acids is 1. The molecule has 0 heterocycles. The second kappa shape index (κ2) is 6.92. The highest BCUT2D eigenvalue weighted by atomic mass is 35.5. The van der Waals surface area contributed by atoms with Crippen LogP contribution in [0.15, 0.2) is 24.3 Å². The van der Waals surface area contributed by atoms with Crippen molar-refractivity contribution in [3.05, 3.63) is 34.9 Å². The summed E-state index contributed by atoms with van der Waals surface area (Å²) in [5.41, 5.74) is 0.667. The van der Waals surface area contributed by atoms with E-state index in [-0.39, 0.29) is 5.91 Å². The molecular formula is C15H23ClN2O. The number of amides is 1. The van der Waals surface area contributed by atoms with Crippen molar-refractivity contribution in [2.24, 2.45) is 5.41 Å². The Kier molecular flexibility index (Phi) is 5.83. The van der Waals surface area contributed by atoms with Crippen molar-refractivity contribution in [1.82, 2.24) is 10.2 Å². The summed E-state index contributed by atoms with van der Waals surface area (Å²) < 4.78 is 0. The number of nitrogens with one attached hydrogen (secondary N) is 1. The molecule has 0 bridgehead atoms. The van der Waals surface area contributed by atoms with Crippen LogP contribution >= 0.6 is 11.6 Å². The molecule has 1 amide bonds. The van der Waals surface area contributed by atoms with Gasteiger partial charge in [0.05, 0.1) is 0 Å². The van der Waals surface area contributed by atoms with Gasteiger partial charge in [-0.3, -0.25) is 4.79 Å². The first kappa shape index (κ1) is 16.0. The van der Waals surface area contributed by atoms with Crippen LogP contribution in [0.25, 0.3) is 0 Å². The van der Waals surface area contributed by atoms with Gasteiger partial charge < -0.3 is 10.2 Å². The topological polar surface area (TPSA) is 32.3 Å². The van der Waals surface area contributed by atoms with E-state index in [1.165, 1.54) is 0 Å². The van der Waals surface area contributed by atoms with E-state index in [9.17, 15) is 4.79 Å². The molecule has 0 saturated carbocycles. The summed E-state index contributed by atoms with van der Waals surface area (Å²) in [4.78, 5) is 14.2. The SMILES string of the molecule is CNCCN(C)C(=O)C(C)(C)Cc1cccc(Cl)c1. The van der Waals surface area contributed by atoms with E-state index in [2.05, 4.69) is 5.32 Å². The van der Waals surface area contributed by atoms with Crippen LogP contribution in [0.4, 0.5) is 0 Å². The highest BCUT2D eigenvalue weighted by molar-refractivity contribution is 6.30. The number of hydrogen-bond donors (Lipinski definition) is 1. The predicted molar refractivity (Wildman–Crippen MR) is 80.5 cm³/mol. The molecule has 3 nitrogen and oxygen atoms in total. The first-order valence-corrected chi connectivity index (χ1v) is 6.89. The van der Waals surface area contributed by atoms with Crippen molar-refractivity contribution >= 4 is 17.5 Å². The van der Waals surface area contributed by atoms with Gasteiger partial charge in [-0.05, 0) is 31.2 Å². The summed E-state index contributed by atoms with van der Waals surface area (Å²) in [6.07, 6.45) is 0.691. The minimum Gasteiger partial charge on any atom is -0.344 e. The van der Waals surface area contributed by atoms with Crippen molar-refractivity contribution in [2.45, 2.75) is 20.3 Å². The molecule has 1 N–H and O–H groups in total. The number of hydrogen-bond acceptors (Lipinski definition) is 2. The van der Waals surface area contributed by atoms with E-state index in [1.807, 2.05) is 52.2 Å². The first-order valence-electron chi connectivity index (χ1n) is 6.51. The molecule has 0 aliphatic heterocycles. The average molecular weight is 283 g/mol. The minimum atomic E-state index is -0.423. The number of likely N-dealkylation sites (N-methyl/N-ethyl adjacent to an activating group) is 2. The second-order valence-corrected chi connectivity index (χ2v) is 5.96. The van der Waals surface area contributed by atoms with Crippen molar-refractivity contribution in [3.63, 3.8) is 0 Å². The Morgan fingerprint density at radius 1 is 1.42 bits per heavy atom. The zero-order chi connectivity index (χ0) is 14.5. The Morgan fingerprint density at radius 3 is 2.68 bits per heavy atom. The Morgan fingerprint density at radius 2 is 2.11 bits per heavy atom. The van der Waals surface area contributed by atoms with Crippen LogP contribution in [0.5, 0.6) is 0 Å². The van der Waals surface area contributed by atoms with E-state index < -0.39 is 5.41 Å². The molecule has 106 valence electrons. The van der Waals surface area contributed by atoms with Gasteiger partial charge in [-0.1, -0.05) is 37.6 Å². The third kappa shape index (κ3) is 4.84. The maximum atomic E-state index is 12.4. The van der Waals surface area contributed by atoms with E-state index in [4.69, 9.17) is 11.6 Å². The highest BCUT2D eigenvalue weighted by Gasteiger charge is 2.30. The van der Waals surface area contributed by atoms with Gasteiger partial charge >= 0.3 is 0 Å². The van der Waals surface area contributed by atoms with Gasteiger partial charge in [0.1, 0.15) is 0 Å². The van der Waals surface area contributed by atoms with Crippen molar-refractivity contribution in [3.8, 4) is 0 Å². The molecule has 0 atom stereocenters. The lowest BCUT2D eigenvalue weighted by Crippen LogP contribution is -2.42. The summed E-state index contributed by atoms with van der Waals surface area (Å²) in [6.45, 7) is 5.47. The lowest BCUT2D eigenvalue weighted by atomic mass is 9.84. The zero-order valence-corrected chi connectivity index (χ0v) is 12.9. The van der Waals surface area contributed by atoms with Gasteiger partial charge in [0, 0.05) is 30.6 Å². The van der Waals surface area contributed by atoms with Gasteiger partial charge in [0.2, 0.25) is 5.91 Å². The molecule has 1 aromatic rings. The third-order valence-corrected chi connectivity index (χ3v) is 3.39. The van der Waals surface area contributed by atoms with Gasteiger partial charge in [-0.2, -0.15) is 0 Å². The quantitative estimate of drug-likeness (QED) is 0.870. The Labute approximate surface area is 120 Å². The molecule has 0 saturated heterocycles. The first-order chi connectivity index (χ1) is 8.86. The van der Waals surface area contributed by atoms with Gasteiger partial charge in [0.25, 0.3) is 0 Å². The van der Waals surface area contributed by atoms with Crippen LogP contribution in [-0.2, 0) is 11.2 Å². The second-order valence-electron chi connectivity index (χ2n) is 5.52. The van der Waals surface area contributed by atoms with Crippen molar-refractivity contribution < 1.29 is 4.79 Å². The summed E-state index contributed by atoms with van der Waals surface area (Å²) >= 11 is 5.98. The maximum Gasteiger partial charge on any atom is 0.228 e. The van der Waals surface area contributed by atoms with Crippen LogP contribution in [0.3, 0.4) is 0 Å². The number of halogens is 1. The third-order valence-electron chi connectivity index (χ3n) is 3.16. The fourth-order valence-electron chi connectivity index (χ4n) is 2.13. The number of carbonyl (C=O) groups is 1. The number of nitrogens with zero attached hydrogens (tertiary/aromatic N) is 1. The molecule has 0 unspecified atom stereocenters. The molecule has 4 heteroatoms. The fourth-order valence-corrected chi connectivity index (χ4v) is 2.34. The molecule has 0 aliphatic carbocycles. The minimum absolute atomic E-state index is 0.155. The summed E-state index contributed by atoms with van der Waals surface area (Å²) in [5, 5.41) is 3.76. The lowest BCUT2D eigenvalue weighted by Gasteiger charge is -2.29. The van der Waals surface area contributed by atoms with E-state index in [0.29, 0.717) is 18.0 Å². The molecule has 0 aromatic heterocycles. The van der Waals surface area contributed by atoms with Gasteiger partial charge in [-0.15, -0.1) is 0 Å².